The van der Waals surface area contributed by atoms with Crippen LogP contribution in [0.3, 0.4) is 0 Å². The third kappa shape index (κ3) is 5.58. The van der Waals surface area contributed by atoms with Crippen molar-refractivity contribution < 1.29 is 0 Å². The maximum absolute atomic E-state index is 5.16. The minimum Gasteiger partial charge on any atom is -0.309 e. The molecule has 8 heteroatoms. The van der Waals surface area contributed by atoms with Gasteiger partial charge in [0.05, 0.1) is 22.4 Å². The summed E-state index contributed by atoms with van der Waals surface area (Å²) in [6.45, 7) is 3.79. The molecule has 0 N–H and O–H groups in total. The lowest BCUT2D eigenvalue weighted by Gasteiger charge is -2.16. The monoisotopic (exact) mass is 658 g/mol. The van der Waals surface area contributed by atoms with Crippen LogP contribution in [0.15, 0.2) is 146 Å². The van der Waals surface area contributed by atoms with Crippen LogP contribution < -0.4 is 0 Å². The summed E-state index contributed by atoms with van der Waals surface area (Å²) >= 11 is 0. The zero-order valence-corrected chi connectivity index (χ0v) is 27.9. The smallest absolute Gasteiger partial charge is 0.166 e. The van der Waals surface area contributed by atoms with Gasteiger partial charge in [-0.3, -0.25) is 4.98 Å². The molecule has 0 fully saturated rings. The SMILES string of the molecule is Cc1nc(C)nc(-c2ccc3c(c2)c2ccccc2n3-c2ccc(-c3ccccn3)cc2-c2nc(-c3ccccc3)nc(-c3ccccc3)n2)n1. The summed E-state index contributed by atoms with van der Waals surface area (Å²) in [5.74, 6) is 3.81. The van der Waals surface area contributed by atoms with Crippen molar-refractivity contribution in [1.29, 1.82) is 0 Å². The third-order valence-electron chi connectivity index (χ3n) is 8.93. The van der Waals surface area contributed by atoms with Crippen molar-refractivity contribution in [3.05, 3.63) is 157 Å². The highest BCUT2D eigenvalue weighted by molar-refractivity contribution is 6.10. The van der Waals surface area contributed by atoms with Crippen molar-refractivity contribution in [2.45, 2.75) is 13.8 Å². The molecule has 9 rings (SSSR count). The lowest BCUT2D eigenvalue weighted by Crippen LogP contribution is -2.04. The maximum atomic E-state index is 5.16. The largest absolute Gasteiger partial charge is 0.309 e. The Morgan fingerprint density at radius 3 is 1.69 bits per heavy atom. The number of hydrogen-bond donors (Lipinski definition) is 0. The normalized spacial score (nSPS) is 11.3. The summed E-state index contributed by atoms with van der Waals surface area (Å²) in [6, 6.07) is 47.3. The van der Waals surface area contributed by atoms with Crippen LogP contribution >= 0.6 is 0 Å². The van der Waals surface area contributed by atoms with Gasteiger partial charge in [0.2, 0.25) is 0 Å². The molecular weight excluding hydrogens is 629 g/mol. The number of nitrogens with zero attached hydrogens (tertiary/aromatic N) is 8. The van der Waals surface area contributed by atoms with Gasteiger partial charge < -0.3 is 4.57 Å². The first-order chi connectivity index (χ1) is 25.1. The van der Waals surface area contributed by atoms with Crippen LogP contribution in [0.4, 0.5) is 0 Å². The molecule has 0 atom stereocenters. The number of aromatic nitrogens is 8. The first-order valence-corrected chi connectivity index (χ1v) is 16.7. The van der Waals surface area contributed by atoms with Gasteiger partial charge in [-0.25, -0.2) is 29.9 Å². The van der Waals surface area contributed by atoms with E-state index in [2.05, 4.69) is 85.2 Å². The number of fused-ring (bicyclic) bond motifs is 3. The van der Waals surface area contributed by atoms with Gasteiger partial charge in [-0.05, 0) is 62.4 Å². The van der Waals surface area contributed by atoms with Crippen LogP contribution in [0.1, 0.15) is 11.6 Å². The minimum absolute atomic E-state index is 0.564. The van der Waals surface area contributed by atoms with E-state index in [-0.39, 0.29) is 0 Å². The van der Waals surface area contributed by atoms with Gasteiger partial charge in [0.25, 0.3) is 0 Å². The highest BCUT2D eigenvalue weighted by Gasteiger charge is 2.21. The first kappa shape index (κ1) is 30.2. The molecule has 5 aromatic carbocycles. The van der Waals surface area contributed by atoms with E-state index in [1.807, 2.05) is 98.9 Å². The molecule has 8 nitrogen and oxygen atoms in total. The van der Waals surface area contributed by atoms with Crippen LogP contribution in [0.25, 0.3) is 84.3 Å². The van der Waals surface area contributed by atoms with Crippen LogP contribution in [0, 0.1) is 13.8 Å². The fourth-order valence-electron chi connectivity index (χ4n) is 6.65. The molecule has 0 saturated heterocycles. The Morgan fingerprint density at radius 1 is 0.412 bits per heavy atom. The number of rotatable bonds is 6. The molecule has 0 aliphatic heterocycles. The van der Waals surface area contributed by atoms with Crippen molar-refractivity contribution in [3.63, 3.8) is 0 Å². The average molecular weight is 659 g/mol. The number of pyridine rings is 1. The quantitative estimate of drug-likeness (QED) is 0.176. The average Bonchev–Trinajstić information content (AvgIpc) is 3.51. The first-order valence-electron chi connectivity index (χ1n) is 16.7. The molecule has 4 aromatic heterocycles. The second kappa shape index (κ2) is 12.5. The minimum atomic E-state index is 0.564. The highest BCUT2D eigenvalue weighted by atomic mass is 15.1. The van der Waals surface area contributed by atoms with E-state index in [1.54, 1.807) is 0 Å². The molecule has 0 saturated carbocycles. The lowest BCUT2D eigenvalue weighted by molar-refractivity contribution is 0.929. The van der Waals surface area contributed by atoms with Gasteiger partial charge in [-0.2, -0.15) is 0 Å². The predicted octanol–water partition coefficient (Wildman–Crippen LogP) is 9.50. The number of para-hydroxylation sites is 1. The van der Waals surface area contributed by atoms with Crippen molar-refractivity contribution in [2.75, 3.05) is 0 Å². The Kier molecular flexibility index (Phi) is 7.39. The molecular formula is C43H30N8. The predicted molar refractivity (Wildman–Crippen MR) is 202 cm³/mol. The molecule has 242 valence electrons. The van der Waals surface area contributed by atoms with E-state index < -0.39 is 0 Å². The molecule has 0 bridgehead atoms. The van der Waals surface area contributed by atoms with Crippen LogP contribution in [0.2, 0.25) is 0 Å². The zero-order valence-electron chi connectivity index (χ0n) is 27.9. The molecule has 4 heterocycles. The highest BCUT2D eigenvalue weighted by Crippen LogP contribution is 2.39. The maximum Gasteiger partial charge on any atom is 0.166 e. The lowest BCUT2D eigenvalue weighted by atomic mass is 10.0. The zero-order chi connectivity index (χ0) is 34.3. The number of benzene rings is 5. The Labute approximate surface area is 294 Å². The molecule has 0 radical (unpaired) electrons. The van der Waals surface area contributed by atoms with Gasteiger partial charge in [0.1, 0.15) is 11.6 Å². The second-order valence-electron chi connectivity index (χ2n) is 12.3. The van der Waals surface area contributed by atoms with Gasteiger partial charge in [-0.1, -0.05) is 91.0 Å². The molecule has 0 spiro atoms. The summed E-state index contributed by atoms with van der Waals surface area (Å²) in [5.41, 5.74) is 8.46. The summed E-state index contributed by atoms with van der Waals surface area (Å²) in [6.07, 6.45) is 1.81. The van der Waals surface area contributed by atoms with Crippen molar-refractivity contribution in [1.82, 2.24) is 39.5 Å². The Hall–Kier alpha value is -6.93. The molecule has 9 aromatic rings. The fraction of sp³-hybridized carbons (Fsp3) is 0.0465. The molecule has 51 heavy (non-hydrogen) atoms. The fourth-order valence-corrected chi connectivity index (χ4v) is 6.65. The summed E-state index contributed by atoms with van der Waals surface area (Å²) in [7, 11) is 0. The number of hydrogen-bond acceptors (Lipinski definition) is 7. The van der Waals surface area contributed by atoms with E-state index in [1.165, 1.54) is 0 Å². The Bertz CT molecular complexity index is 2630. The van der Waals surface area contributed by atoms with E-state index in [9.17, 15) is 0 Å². The Balaban J connectivity index is 1.33. The van der Waals surface area contributed by atoms with E-state index in [0.717, 1.165) is 61.0 Å². The van der Waals surface area contributed by atoms with Crippen molar-refractivity contribution in [2.24, 2.45) is 0 Å². The topological polar surface area (TPSA) is 95.2 Å². The summed E-state index contributed by atoms with van der Waals surface area (Å²) in [4.78, 5) is 33.7. The van der Waals surface area contributed by atoms with Gasteiger partial charge in [0.15, 0.2) is 23.3 Å². The van der Waals surface area contributed by atoms with Crippen LogP contribution in [0.5, 0.6) is 0 Å². The van der Waals surface area contributed by atoms with Crippen LogP contribution in [-0.4, -0.2) is 39.5 Å². The van der Waals surface area contributed by atoms with E-state index in [4.69, 9.17) is 15.0 Å². The number of aryl methyl sites for hydroxylation is 2. The summed E-state index contributed by atoms with van der Waals surface area (Å²) in [5, 5.41) is 2.20. The van der Waals surface area contributed by atoms with Crippen molar-refractivity contribution in [3.8, 4) is 62.5 Å². The van der Waals surface area contributed by atoms with Gasteiger partial charge in [-0.15, -0.1) is 0 Å². The summed E-state index contributed by atoms with van der Waals surface area (Å²) < 4.78 is 2.30. The third-order valence-corrected chi connectivity index (χ3v) is 8.93. The second-order valence-corrected chi connectivity index (χ2v) is 12.3. The standard InChI is InChI=1S/C43H30N8/c1-27-45-28(2)47-42(46-27)32-21-23-38-34(26-32)33-17-9-10-19-37(33)51(38)39-22-20-31(36-18-11-12-24-44-36)25-35(39)43-49-40(29-13-5-3-6-14-29)48-41(50-43)30-15-7-4-8-16-30/h3-26H,1-2H3. The molecule has 0 unspecified atom stereocenters. The molecule has 0 aliphatic rings. The Morgan fingerprint density at radius 2 is 1.00 bits per heavy atom. The molecule has 0 amide bonds. The van der Waals surface area contributed by atoms with Gasteiger partial charge in [0, 0.05) is 44.8 Å². The van der Waals surface area contributed by atoms with Crippen LogP contribution in [-0.2, 0) is 0 Å². The van der Waals surface area contributed by atoms with E-state index in [0.29, 0.717) is 34.9 Å². The van der Waals surface area contributed by atoms with Crippen molar-refractivity contribution >= 4 is 21.8 Å². The molecule has 0 aliphatic carbocycles. The van der Waals surface area contributed by atoms with E-state index >= 15 is 0 Å². The van der Waals surface area contributed by atoms with Gasteiger partial charge >= 0.3 is 0 Å².